The van der Waals surface area contributed by atoms with E-state index in [4.69, 9.17) is 13.5 Å². The van der Waals surface area contributed by atoms with Gasteiger partial charge in [-0.3, -0.25) is 9.45 Å². The highest BCUT2D eigenvalue weighted by atomic mass is 32.3. The molecule has 0 fully saturated rings. The maximum absolute atomic E-state index is 11.1. The number of hydrogen-bond acceptors (Lipinski definition) is 5. The molecule has 1 aliphatic heterocycles. The van der Waals surface area contributed by atoms with Crippen molar-refractivity contribution in [1.29, 1.82) is 0 Å². The molecule has 2 rings (SSSR count). The van der Waals surface area contributed by atoms with Crippen molar-refractivity contribution in [1.82, 2.24) is 4.90 Å². The molecule has 1 unspecified atom stereocenters. The van der Waals surface area contributed by atoms with Crippen molar-refractivity contribution in [3.05, 3.63) is 35.4 Å². The van der Waals surface area contributed by atoms with Crippen molar-refractivity contribution in [3.63, 3.8) is 0 Å². The van der Waals surface area contributed by atoms with E-state index in [1.165, 1.54) is 107 Å². The van der Waals surface area contributed by atoms with Crippen LogP contribution >= 0.6 is 0 Å². The molecule has 37 heavy (non-hydrogen) atoms. The van der Waals surface area contributed by atoms with Gasteiger partial charge in [0.05, 0.1) is 19.3 Å². The smallest absolute Gasteiger partial charge is 0.380 e. The SMILES string of the molecule is CCCCCCCCCCCCCCCCCCOCC(COS(=O)(=O)O)N1CCc2ccccc2C1. The van der Waals surface area contributed by atoms with Crippen molar-refractivity contribution < 1.29 is 21.9 Å². The Morgan fingerprint density at radius 3 is 1.84 bits per heavy atom. The number of rotatable bonds is 23. The maximum atomic E-state index is 11.1. The van der Waals surface area contributed by atoms with E-state index in [0.29, 0.717) is 13.2 Å². The van der Waals surface area contributed by atoms with Crippen molar-refractivity contribution in [2.75, 3.05) is 26.4 Å². The average molecular weight is 540 g/mol. The van der Waals surface area contributed by atoms with Crippen LogP contribution in [0.4, 0.5) is 0 Å². The number of benzene rings is 1. The molecule has 7 heteroatoms. The topological polar surface area (TPSA) is 76.1 Å². The molecule has 0 aromatic heterocycles. The van der Waals surface area contributed by atoms with E-state index in [1.54, 1.807) is 0 Å². The monoisotopic (exact) mass is 539 g/mol. The lowest BCUT2D eigenvalue weighted by Gasteiger charge is -2.35. The molecule has 1 N–H and O–H groups in total. The van der Waals surface area contributed by atoms with Crippen molar-refractivity contribution >= 4 is 10.4 Å². The Balaban J connectivity index is 1.48. The fourth-order valence-electron chi connectivity index (χ4n) is 5.22. The first kappa shape index (κ1) is 32.2. The van der Waals surface area contributed by atoms with E-state index in [9.17, 15) is 8.42 Å². The second-order valence-electron chi connectivity index (χ2n) is 10.7. The largest absolute Gasteiger partial charge is 0.397 e. The van der Waals surface area contributed by atoms with Crippen LogP contribution in [-0.4, -0.2) is 50.3 Å². The summed E-state index contributed by atoms with van der Waals surface area (Å²) in [5, 5.41) is 0. The van der Waals surface area contributed by atoms with E-state index in [-0.39, 0.29) is 12.6 Å². The third-order valence-electron chi connectivity index (χ3n) is 7.54. The molecule has 1 atom stereocenters. The summed E-state index contributed by atoms with van der Waals surface area (Å²) in [5.41, 5.74) is 2.59. The first-order valence-electron chi connectivity index (χ1n) is 15.0. The second-order valence-corrected chi connectivity index (χ2v) is 11.8. The number of nitrogens with zero attached hydrogens (tertiary/aromatic N) is 1. The number of ether oxygens (including phenoxy) is 1. The van der Waals surface area contributed by atoms with Gasteiger partial charge in [0.1, 0.15) is 0 Å². The Hall–Kier alpha value is -0.990. The normalized spacial score (nSPS) is 15.1. The summed E-state index contributed by atoms with van der Waals surface area (Å²) in [5.74, 6) is 0. The minimum Gasteiger partial charge on any atom is -0.380 e. The van der Waals surface area contributed by atoms with Crippen LogP contribution in [0.25, 0.3) is 0 Å². The summed E-state index contributed by atoms with van der Waals surface area (Å²) < 4.78 is 42.0. The average Bonchev–Trinajstić information content (AvgIpc) is 2.89. The molecule has 0 radical (unpaired) electrons. The van der Waals surface area contributed by atoms with E-state index in [2.05, 4.69) is 30.0 Å². The van der Waals surface area contributed by atoms with Crippen LogP contribution < -0.4 is 0 Å². The van der Waals surface area contributed by atoms with Gasteiger partial charge in [-0.25, -0.2) is 4.18 Å². The van der Waals surface area contributed by atoms with Gasteiger partial charge in [-0.15, -0.1) is 0 Å². The van der Waals surface area contributed by atoms with Gasteiger partial charge in [0, 0.05) is 19.7 Å². The third kappa shape index (κ3) is 15.9. The molecule has 1 heterocycles. The lowest BCUT2D eigenvalue weighted by atomic mass is 9.99. The molecule has 0 saturated heterocycles. The Kier molecular flexibility index (Phi) is 17.4. The molecule has 1 aliphatic rings. The second kappa shape index (κ2) is 20.0. The van der Waals surface area contributed by atoms with Gasteiger partial charge in [-0.1, -0.05) is 128 Å². The molecule has 0 amide bonds. The minimum absolute atomic E-state index is 0.0973. The fourth-order valence-corrected chi connectivity index (χ4v) is 5.55. The molecule has 0 bridgehead atoms. The number of unbranched alkanes of at least 4 members (excludes halogenated alkanes) is 15. The van der Waals surface area contributed by atoms with Crippen LogP contribution in [-0.2, 0) is 32.3 Å². The fraction of sp³-hybridized carbons (Fsp3) is 0.800. The molecule has 214 valence electrons. The van der Waals surface area contributed by atoms with Gasteiger partial charge in [0.15, 0.2) is 0 Å². The quantitative estimate of drug-likeness (QED) is 0.115. The van der Waals surface area contributed by atoms with E-state index in [1.807, 2.05) is 6.07 Å². The summed E-state index contributed by atoms with van der Waals surface area (Å²) in [4.78, 5) is 2.20. The van der Waals surface area contributed by atoms with Gasteiger partial charge in [-0.2, -0.15) is 8.42 Å². The Morgan fingerprint density at radius 2 is 1.30 bits per heavy atom. The van der Waals surface area contributed by atoms with Gasteiger partial charge in [-0.05, 0) is 24.0 Å². The highest BCUT2D eigenvalue weighted by Gasteiger charge is 2.25. The summed E-state index contributed by atoms with van der Waals surface area (Å²) >= 11 is 0. The van der Waals surface area contributed by atoms with E-state index >= 15 is 0 Å². The number of fused-ring (bicyclic) bond motifs is 1. The highest BCUT2D eigenvalue weighted by Crippen LogP contribution is 2.21. The standard InChI is InChI=1S/C30H53NO5S/c1-2-3-4-5-6-7-8-9-10-11-12-13-14-15-16-19-24-35-26-30(27-36-37(32,33)34)31-23-22-28-20-17-18-21-29(28)25-31/h17-18,20-21,30H,2-16,19,22-27H2,1H3,(H,32,33,34). The predicted molar refractivity (Wildman–Crippen MR) is 152 cm³/mol. The van der Waals surface area contributed by atoms with E-state index in [0.717, 1.165) is 25.9 Å². The highest BCUT2D eigenvalue weighted by molar-refractivity contribution is 7.80. The van der Waals surface area contributed by atoms with Crippen LogP contribution in [0.3, 0.4) is 0 Å². The summed E-state index contributed by atoms with van der Waals surface area (Å²) in [7, 11) is -4.46. The molecule has 1 aromatic carbocycles. The molecule has 0 spiro atoms. The zero-order valence-electron chi connectivity index (χ0n) is 23.4. The van der Waals surface area contributed by atoms with Gasteiger partial charge in [0.2, 0.25) is 0 Å². The molecule has 1 aromatic rings. The zero-order valence-corrected chi connectivity index (χ0v) is 24.2. The molecule has 0 aliphatic carbocycles. The first-order chi connectivity index (χ1) is 18.0. The Labute approximate surface area is 227 Å². The van der Waals surface area contributed by atoms with Crippen LogP contribution in [0, 0.1) is 0 Å². The third-order valence-corrected chi connectivity index (χ3v) is 7.97. The van der Waals surface area contributed by atoms with Crippen LogP contribution in [0.15, 0.2) is 24.3 Å². The van der Waals surface area contributed by atoms with Crippen molar-refractivity contribution in [2.45, 2.75) is 129 Å². The zero-order chi connectivity index (χ0) is 26.6. The lowest BCUT2D eigenvalue weighted by Crippen LogP contribution is -2.45. The molecule has 6 nitrogen and oxygen atoms in total. The summed E-state index contributed by atoms with van der Waals surface area (Å²) in [6, 6.07) is 8.12. The molecule has 0 saturated carbocycles. The van der Waals surface area contributed by atoms with Gasteiger partial charge >= 0.3 is 10.4 Å². The van der Waals surface area contributed by atoms with Crippen LogP contribution in [0.1, 0.15) is 121 Å². The number of hydrogen-bond donors (Lipinski definition) is 1. The lowest BCUT2D eigenvalue weighted by molar-refractivity contribution is 0.0279. The van der Waals surface area contributed by atoms with Gasteiger partial charge < -0.3 is 4.74 Å². The Bertz CT molecular complexity index is 801. The summed E-state index contributed by atoms with van der Waals surface area (Å²) in [6.45, 7) is 4.80. The van der Waals surface area contributed by atoms with Gasteiger partial charge in [0.25, 0.3) is 0 Å². The predicted octanol–water partition coefficient (Wildman–Crippen LogP) is 7.51. The van der Waals surface area contributed by atoms with E-state index < -0.39 is 10.4 Å². The van der Waals surface area contributed by atoms with Crippen molar-refractivity contribution in [3.8, 4) is 0 Å². The van der Waals surface area contributed by atoms with Crippen LogP contribution in [0.2, 0.25) is 0 Å². The minimum atomic E-state index is -4.46. The summed E-state index contributed by atoms with van der Waals surface area (Å²) in [6.07, 6.45) is 22.4. The molecular formula is C30H53NO5S. The maximum Gasteiger partial charge on any atom is 0.397 e. The van der Waals surface area contributed by atoms with Crippen LogP contribution in [0.5, 0.6) is 0 Å². The molecular weight excluding hydrogens is 486 g/mol. The van der Waals surface area contributed by atoms with Crippen molar-refractivity contribution in [2.24, 2.45) is 0 Å². The first-order valence-corrected chi connectivity index (χ1v) is 16.4. The Morgan fingerprint density at radius 1 is 0.784 bits per heavy atom.